The molecule has 0 aromatic rings. The second-order valence-electron chi connectivity index (χ2n) is 8.43. The molecule has 23 heavy (non-hydrogen) atoms. The molecule has 0 aliphatic rings. The molecule has 3 nitrogen and oxygen atoms in total. The maximum Gasteiger partial charge on any atom is 0.500 e. The molecule has 0 aromatic heterocycles. The molecule has 0 aliphatic carbocycles. The molecule has 0 heterocycles. The van der Waals surface area contributed by atoms with Gasteiger partial charge in [0.25, 0.3) is 0 Å². The summed E-state index contributed by atoms with van der Waals surface area (Å²) in [5.41, 5.74) is 0. The van der Waals surface area contributed by atoms with Crippen LogP contribution in [0.25, 0.3) is 0 Å². The van der Waals surface area contributed by atoms with Gasteiger partial charge in [-0.3, -0.25) is 0 Å². The van der Waals surface area contributed by atoms with Crippen LogP contribution in [-0.2, 0) is 13.3 Å². The summed E-state index contributed by atoms with van der Waals surface area (Å²) in [5.74, 6) is 0. The van der Waals surface area contributed by atoms with E-state index in [1.165, 1.54) is 49.9 Å². The third kappa shape index (κ3) is 10.2. The Morgan fingerprint density at radius 2 is 1.00 bits per heavy atom. The zero-order valence-electron chi connectivity index (χ0n) is 17.1. The fourth-order valence-corrected chi connectivity index (χ4v) is 13.5. The van der Waals surface area contributed by atoms with E-state index in [0.717, 1.165) is 6.04 Å². The molecule has 140 valence electrons. The van der Waals surface area contributed by atoms with Crippen LogP contribution in [0.1, 0.15) is 32.6 Å². The highest BCUT2D eigenvalue weighted by molar-refractivity contribution is 6.82. The number of hydrogen-bond acceptors (Lipinski definition) is 3. The van der Waals surface area contributed by atoms with Gasteiger partial charge >= 0.3 is 8.80 Å². The first kappa shape index (κ1) is 23.5. The zero-order valence-corrected chi connectivity index (χ0v) is 20.1. The lowest BCUT2D eigenvalue weighted by Crippen LogP contribution is -2.43. The van der Waals surface area contributed by atoms with Crippen LogP contribution in [0.5, 0.6) is 0 Å². The Hall–Kier alpha value is 0.531. The highest BCUT2D eigenvalue weighted by atomic mass is 28.4. The normalized spacial score (nSPS) is 13.6. The molecule has 0 rings (SSSR count). The number of hydrogen-bond donors (Lipinski definition) is 0. The van der Waals surface area contributed by atoms with Gasteiger partial charge in [0.15, 0.2) is 0 Å². The summed E-state index contributed by atoms with van der Waals surface area (Å²) in [6.45, 7) is 12.6. The summed E-state index contributed by atoms with van der Waals surface area (Å²) in [5, 5.41) is 0. The molecule has 0 aromatic carbocycles. The molecule has 0 spiro atoms. The SMILES string of the molecule is CCCCC[Si](C)(C)CC[Si](C)(C)CCC[Si](OC)(OC)OC. The van der Waals surface area contributed by atoms with Gasteiger partial charge in [-0.2, -0.15) is 0 Å². The van der Waals surface area contributed by atoms with Crippen molar-refractivity contribution in [3.8, 4) is 0 Å². The monoisotopic (exact) mass is 378 g/mol. The molecule has 0 aliphatic heterocycles. The van der Waals surface area contributed by atoms with Gasteiger partial charge in [-0.25, -0.2) is 0 Å². The van der Waals surface area contributed by atoms with Gasteiger partial charge in [0.05, 0.1) is 0 Å². The Bertz CT molecular complexity index is 297. The van der Waals surface area contributed by atoms with Gasteiger partial charge in [-0.1, -0.05) is 83.0 Å². The first-order valence-corrected chi connectivity index (χ1v) is 18.1. The van der Waals surface area contributed by atoms with Crippen molar-refractivity contribution in [2.45, 2.75) is 89.0 Å². The lowest BCUT2D eigenvalue weighted by atomic mass is 10.3. The van der Waals surface area contributed by atoms with E-state index in [1.807, 2.05) is 0 Å². The summed E-state index contributed by atoms with van der Waals surface area (Å²) >= 11 is 0. The van der Waals surface area contributed by atoms with Gasteiger partial charge < -0.3 is 13.3 Å². The lowest BCUT2D eigenvalue weighted by Gasteiger charge is -2.30. The Morgan fingerprint density at radius 1 is 0.565 bits per heavy atom. The topological polar surface area (TPSA) is 27.7 Å². The van der Waals surface area contributed by atoms with Crippen LogP contribution in [0, 0.1) is 0 Å². The Balaban J connectivity index is 4.22. The summed E-state index contributed by atoms with van der Waals surface area (Å²) in [6.07, 6.45) is 5.38. The maximum absolute atomic E-state index is 5.54. The predicted molar refractivity (Wildman–Crippen MR) is 110 cm³/mol. The van der Waals surface area contributed by atoms with E-state index in [0.29, 0.717) is 0 Å². The summed E-state index contributed by atoms with van der Waals surface area (Å²) in [6, 6.07) is 6.82. The minimum Gasteiger partial charge on any atom is -0.377 e. The Morgan fingerprint density at radius 3 is 1.39 bits per heavy atom. The molecule has 0 saturated heterocycles. The van der Waals surface area contributed by atoms with Crippen LogP contribution in [-0.4, -0.2) is 46.3 Å². The first-order valence-electron chi connectivity index (χ1n) is 9.31. The maximum atomic E-state index is 5.54. The fourth-order valence-electron chi connectivity index (χ4n) is 3.12. The predicted octanol–water partition coefficient (Wildman–Crippen LogP) is 5.86. The van der Waals surface area contributed by atoms with Crippen LogP contribution in [0.4, 0.5) is 0 Å². The van der Waals surface area contributed by atoms with Crippen molar-refractivity contribution < 1.29 is 13.3 Å². The van der Waals surface area contributed by atoms with E-state index in [-0.39, 0.29) is 0 Å². The van der Waals surface area contributed by atoms with Gasteiger partial charge in [-0.05, 0) is 0 Å². The van der Waals surface area contributed by atoms with Crippen LogP contribution in [0.2, 0.25) is 56.4 Å². The van der Waals surface area contributed by atoms with E-state index < -0.39 is 25.0 Å². The fraction of sp³-hybridized carbons (Fsp3) is 1.00. The molecule has 0 unspecified atom stereocenters. The zero-order chi connectivity index (χ0) is 18.0. The van der Waals surface area contributed by atoms with Crippen LogP contribution in [0.3, 0.4) is 0 Å². The van der Waals surface area contributed by atoms with Crippen molar-refractivity contribution in [1.82, 2.24) is 0 Å². The molecule has 0 atom stereocenters. The number of unbranched alkanes of at least 4 members (excludes halogenated alkanes) is 2. The highest BCUT2D eigenvalue weighted by Crippen LogP contribution is 2.29. The van der Waals surface area contributed by atoms with E-state index in [1.54, 1.807) is 21.3 Å². The second-order valence-corrected chi connectivity index (χ2v) is 22.2. The van der Waals surface area contributed by atoms with E-state index in [4.69, 9.17) is 13.3 Å². The van der Waals surface area contributed by atoms with Crippen molar-refractivity contribution in [2.24, 2.45) is 0 Å². The standard InChI is InChI=1S/C17H42O3Si3/c1-9-10-11-13-21(5,6)16-17-22(7,8)14-12-15-23(18-2,19-3)20-4/h9-17H2,1-8H3. The van der Waals surface area contributed by atoms with Crippen molar-refractivity contribution in [3.05, 3.63) is 0 Å². The van der Waals surface area contributed by atoms with Crippen LogP contribution in [0.15, 0.2) is 0 Å². The van der Waals surface area contributed by atoms with Crippen LogP contribution >= 0.6 is 0 Å². The first-order chi connectivity index (χ1) is 10.7. The molecule has 0 bridgehead atoms. The third-order valence-electron chi connectivity index (χ3n) is 5.21. The third-order valence-corrected chi connectivity index (χ3v) is 15.2. The van der Waals surface area contributed by atoms with Gasteiger partial charge in [0.1, 0.15) is 0 Å². The largest absolute Gasteiger partial charge is 0.500 e. The van der Waals surface area contributed by atoms with E-state index in [2.05, 4.69) is 33.1 Å². The minimum absolute atomic E-state index is 0.949. The lowest BCUT2D eigenvalue weighted by molar-refractivity contribution is 0.123. The molecule has 0 saturated carbocycles. The highest BCUT2D eigenvalue weighted by Gasteiger charge is 2.38. The molecular weight excluding hydrogens is 336 g/mol. The quantitative estimate of drug-likeness (QED) is 0.280. The summed E-state index contributed by atoms with van der Waals surface area (Å²) in [4.78, 5) is 0. The molecule has 0 N–H and O–H groups in total. The average molecular weight is 379 g/mol. The van der Waals surface area contributed by atoms with Crippen molar-refractivity contribution in [1.29, 1.82) is 0 Å². The molecule has 6 heteroatoms. The van der Waals surface area contributed by atoms with Gasteiger partial charge in [0.2, 0.25) is 0 Å². The summed E-state index contributed by atoms with van der Waals surface area (Å²) < 4.78 is 16.6. The summed E-state index contributed by atoms with van der Waals surface area (Å²) in [7, 11) is 0.690. The van der Waals surface area contributed by atoms with Crippen molar-refractivity contribution in [2.75, 3.05) is 21.3 Å². The minimum atomic E-state index is -2.37. The van der Waals surface area contributed by atoms with Crippen molar-refractivity contribution in [3.63, 3.8) is 0 Å². The molecule has 0 fully saturated rings. The van der Waals surface area contributed by atoms with Crippen molar-refractivity contribution >= 4 is 25.0 Å². The van der Waals surface area contributed by atoms with E-state index in [9.17, 15) is 0 Å². The number of rotatable bonds is 14. The average Bonchev–Trinajstić information content (AvgIpc) is 2.51. The van der Waals surface area contributed by atoms with E-state index >= 15 is 0 Å². The smallest absolute Gasteiger partial charge is 0.377 e. The van der Waals surface area contributed by atoms with Gasteiger partial charge in [-0.15, -0.1) is 0 Å². The molecule has 0 radical (unpaired) electrons. The van der Waals surface area contributed by atoms with Crippen LogP contribution < -0.4 is 0 Å². The molecular formula is C17H42O3Si3. The molecule has 0 amide bonds. The Labute approximate surface area is 148 Å². The van der Waals surface area contributed by atoms with Gasteiger partial charge in [0, 0.05) is 43.5 Å². The Kier molecular flexibility index (Phi) is 11.5. The second kappa shape index (κ2) is 11.2.